The van der Waals surface area contributed by atoms with E-state index in [9.17, 15) is 14.9 Å². The number of amides is 1. The Bertz CT molecular complexity index is 1180. The van der Waals surface area contributed by atoms with E-state index in [2.05, 4.69) is 11.4 Å². The van der Waals surface area contributed by atoms with E-state index < -0.39 is 12.1 Å². The number of ether oxygens (including phenoxy) is 2. The van der Waals surface area contributed by atoms with Gasteiger partial charge in [-0.3, -0.25) is 5.32 Å². The summed E-state index contributed by atoms with van der Waals surface area (Å²) in [4.78, 5) is 26.5. The van der Waals surface area contributed by atoms with Crippen LogP contribution >= 0.6 is 0 Å². The summed E-state index contributed by atoms with van der Waals surface area (Å²) in [5, 5.41) is 12.1. The summed E-state index contributed by atoms with van der Waals surface area (Å²) in [5.41, 5.74) is 4.31. The quantitative estimate of drug-likeness (QED) is 0.468. The molecule has 7 heteroatoms. The Morgan fingerprint density at radius 3 is 2.30 bits per heavy atom. The molecule has 0 radical (unpaired) electrons. The summed E-state index contributed by atoms with van der Waals surface area (Å²) in [7, 11) is 1.80. The maximum atomic E-state index is 12.7. The fourth-order valence-corrected chi connectivity index (χ4v) is 3.48. The predicted octanol–water partition coefficient (Wildman–Crippen LogP) is 5.74. The Morgan fingerprint density at radius 2 is 1.64 bits per heavy atom. The SMILES string of the molecule is CCOC(=O)Nc1cccc(C(=O)OCC)c1N(C)c1ccc(-c2ccccc2C#N)cc1. The molecule has 3 aromatic carbocycles. The molecule has 0 aromatic heterocycles. The van der Waals surface area contributed by atoms with Gasteiger partial charge in [0.2, 0.25) is 0 Å². The van der Waals surface area contributed by atoms with E-state index in [4.69, 9.17) is 9.47 Å². The largest absolute Gasteiger partial charge is 0.462 e. The van der Waals surface area contributed by atoms with Crippen molar-refractivity contribution in [2.45, 2.75) is 13.8 Å². The number of anilines is 3. The van der Waals surface area contributed by atoms with Crippen molar-refractivity contribution >= 4 is 29.1 Å². The number of hydrogen-bond donors (Lipinski definition) is 1. The van der Waals surface area contributed by atoms with Crippen molar-refractivity contribution < 1.29 is 19.1 Å². The van der Waals surface area contributed by atoms with Crippen LogP contribution in [-0.2, 0) is 9.47 Å². The zero-order valence-electron chi connectivity index (χ0n) is 18.8. The van der Waals surface area contributed by atoms with Crippen LogP contribution < -0.4 is 10.2 Å². The van der Waals surface area contributed by atoms with E-state index in [0.29, 0.717) is 22.5 Å². The third kappa shape index (κ3) is 5.31. The van der Waals surface area contributed by atoms with Gasteiger partial charge < -0.3 is 14.4 Å². The fraction of sp³-hybridized carbons (Fsp3) is 0.192. The number of nitrogens with zero attached hydrogens (tertiary/aromatic N) is 2. The van der Waals surface area contributed by atoms with Gasteiger partial charge in [0.1, 0.15) is 0 Å². The summed E-state index contributed by atoms with van der Waals surface area (Å²) in [5.74, 6) is -0.494. The average Bonchev–Trinajstić information content (AvgIpc) is 2.84. The van der Waals surface area contributed by atoms with Crippen molar-refractivity contribution in [1.82, 2.24) is 0 Å². The molecule has 0 aliphatic carbocycles. The number of esters is 1. The number of benzene rings is 3. The van der Waals surface area contributed by atoms with Crippen molar-refractivity contribution in [2.24, 2.45) is 0 Å². The molecule has 0 aliphatic rings. The Morgan fingerprint density at radius 1 is 0.939 bits per heavy atom. The minimum absolute atomic E-state index is 0.222. The molecule has 168 valence electrons. The molecule has 7 nitrogen and oxygen atoms in total. The second-order valence-electron chi connectivity index (χ2n) is 7.03. The lowest BCUT2D eigenvalue weighted by Gasteiger charge is -2.25. The first-order valence-electron chi connectivity index (χ1n) is 10.6. The lowest BCUT2D eigenvalue weighted by molar-refractivity contribution is 0.0527. The van der Waals surface area contributed by atoms with Gasteiger partial charge in [-0.15, -0.1) is 0 Å². The van der Waals surface area contributed by atoms with Gasteiger partial charge in [0.05, 0.1) is 41.8 Å². The Balaban J connectivity index is 2.02. The lowest BCUT2D eigenvalue weighted by Crippen LogP contribution is -2.20. The van der Waals surface area contributed by atoms with E-state index in [1.54, 1.807) is 50.1 Å². The molecule has 33 heavy (non-hydrogen) atoms. The standard InChI is InChI=1S/C26H25N3O4/c1-4-32-25(30)22-11-8-12-23(28-26(31)33-5-2)24(22)29(3)20-15-13-18(14-16-20)21-10-7-6-9-19(21)17-27/h6-16H,4-5H2,1-3H3,(H,28,31). The molecule has 0 heterocycles. The van der Waals surface area contributed by atoms with E-state index in [0.717, 1.165) is 16.8 Å². The molecule has 0 saturated carbocycles. The first kappa shape index (κ1) is 23.4. The second kappa shape index (κ2) is 10.8. The molecule has 3 aromatic rings. The highest BCUT2D eigenvalue weighted by atomic mass is 16.5. The number of carbonyl (C=O) groups is 2. The molecule has 0 unspecified atom stereocenters. The smallest absolute Gasteiger partial charge is 0.411 e. The highest BCUT2D eigenvalue weighted by molar-refractivity contribution is 6.03. The molecule has 3 rings (SSSR count). The van der Waals surface area contributed by atoms with E-state index in [-0.39, 0.29) is 13.2 Å². The Labute approximate surface area is 193 Å². The highest BCUT2D eigenvalue weighted by Crippen LogP contribution is 2.36. The average molecular weight is 444 g/mol. The molecule has 1 N–H and O–H groups in total. The lowest BCUT2D eigenvalue weighted by atomic mass is 10.00. The van der Waals surface area contributed by atoms with E-state index >= 15 is 0 Å². The monoisotopic (exact) mass is 443 g/mol. The number of carbonyl (C=O) groups excluding carboxylic acids is 2. The molecule has 0 bridgehead atoms. The molecule has 0 fully saturated rings. The summed E-state index contributed by atoms with van der Waals surface area (Å²) in [6, 6.07) is 22.2. The highest BCUT2D eigenvalue weighted by Gasteiger charge is 2.22. The van der Waals surface area contributed by atoms with Crippen LogP contribution in [0.3, 0.4) is 0 Å². The molecule has 0 atom stereocenters. The normalized spacial score (nSPS) is 10.1. The van der Waals surface area contributed by atoms with E-state index in [1.165, 1.54) is 0 Å². The number of hydrogen-bond acceptors (Lipinski definition) is 6. The molecule has 0 saturated heterocycles. The number of nitriles is 1. The van der Waals surface area contributed by atoms with Crippen molar-refractivity contribution in [3.05, 3.63) is 77.9 Å². The molecule has 0 spiro atoms. The van der Waals surface area contributed by atoms with Gasteiger partial charge in [0, 0.05) is 12.7 Å². The maximum absolute atomic E-state index is 12.7. The Hall–Kier alpha value is -4.31. The van der Waals surface area contributed by atoms with Crippen LogP contribution in [0.25, 0.3) is 11.1 Å². The molecule has 0 aliphatic heterocycles. The first-order chi connectivity index (χ1) is 16.0. The van der Waals surface area contributed by atoms with Crippen LogP contribution in [0.2, 0.25) is 0 Å². The van der Waals surface area contributed by atoms with Crippen LogP contribution in [0.1, 0.15) is 29.8 Å². The van der Waals surface area contributed by atoms with Crippen molar-refractivity contribution in [3.63, 3.8) is 0 Å². The van der Waals surface area contributed by atoms with Gasteiger partial charge >= 0.3 is 12.1 Å². The zero-order valence-corrected chi connectivity index (χ0v) is 18.8. The van der Waals surface area contributed by atoms with Crippen molar-refractivity contribution in [2.75, 3.05) is 30.5 Å². The van der Waals surface area contributed by atoms with Gasteiger partial charge in [-0.25, -0.2) is 9.59 Å². The third-order valence-electron chi connectivity index (χ3n) is 4.99. The third-order valence-corrected chi connectivity index (χ3v) is 4.99. The molecule has 1 amide bonds. The molecular formula is C26H25N3O4. The van der Waals surface area contributed by atoms with Gasteiger partial charge in [-0.1, -0.05) is 36.4 Å². The minimum Gasteiger partial charge on any atom is -0.462 e. The molecular weight excluding hydrogens is 418 g/mol. The fourth-order valence-electron chi connectivity index (χ4n) is 3.48. The number of rotatable bonds is 7. The second-order valence-corrected chi connectivity index (χ2v) is 7.03. The zero-order chi connectivity index (χ0) is 23.8. The van der Waals surface area contributed by atoms with Gasteiger partial charge in [-0.2, -0.15) is 5.26 Å². The maximum Gasteiger partial charge on any atom is 0.411 e. The van der Waals surface area contributed by atoms with Gasteiger partial charge in [0.15, 0.2) is 0 Å². The van der Waals surface area contributed by atoms with Crippen LogP contribution in [-0.4, -0.2) is 32.3 Å². The number of nitrogens with one attached hydrogen (secondary N) is 1. The first-order valence-corrected chi connectivity index (χ1v) is 10.6. The van der Waals surface area contributed by atoms with Gasteiger partial charge in [-0.05, 0) is 55.3 Å². The van der Waals surface area contributed by atoms with Crippen LogP contribution in [0.4, 0.5) is 21.9 Å². The van der Waals surface area contributed by atoms with Gasteiger partial charge in [0.25, 0.3) is 0 Å². The summed E-state index contributed by atoms with van der Waals surface area (Å²) >= 11 is 0. The van der Waals surface area contributed by atoms with Crippen LogP contribution in [0.15, 0.2) is 66.7 Å². The predicted molar refractivity (Wildman–Crippen MR) is 128 cm³/mol. The Kier molecular flexibility index (Phi) is 7.66. The van der Waals surface area contributed by atoms with Crippen LogP contribution in [0, 0.1) is 11.3 Å². The summed E-state index contributed by atoms with van der Waals surface area (Å²) < 4.78 is 10.2. The summed E-state index contributed by atoms with van der Waals surface area (Å²) in [6.45, 7) is 3.90. The summed E-state index contributed by atoms with van der Waals surface area (Å²) in [6.07, 6.45) is -0.614. The van der Waals surface area contributed by atoms with E-state index in [1.807, 2.05) is 42.5 Å². The minimum atomic E-state index is -0.614. The number of para-hydroxylation sites is 1. The topological polar surface area (TPSA) is 91.7 Å². The van der Waals surface area contributed by atoms with Crippen molar-refractivity contribution in [3.8, 4) is 17.2 Å². The van der Waals surface area contributed by atoms with Crippen LogP contribution in [0.5, 0.6) is 0 Å². The van der Waals surface area contributed by atoms with Crippen molar-refractivity contribution in [1.29, 1.82) is 5.26 Å².